The normalized spacial score (nSPS) is 25.5. The van der Waals surface area contributed by atoms with Crippen LogP contribution < -0.4 is 15.8 Å². The van der Waals surface area contributed by atoms with Crippen molar-refractivity contribution in [3.05, 3.63) is 65.9 Å². The monoisotopic (exact) mass is 606 g/mol. The number of fused-ring (bicyclic) bond motifs is 3. The first-order chi connectivity index (χ1) is 21.0. The highest BCUT2D eigenvalue weighted by atomic mass is 19.4. The van der Waals surface area contributed by atoms with Crippen LogP contribution in [0.5, 0.6) is 5.75 Å². The van der Waals surface area contributed by atoms with Gasteiger partial charge in [-0.05, 0) is 81.2 Å². The fraction of sp³-hybridized carbons (Fsp3) is 0.387. The molecular weight excluding hydrogens is 577 g/mol. The van der Waals surface area contributed by atoms with Gasteiger partial charge in [0, 0.05) is 35.1 Å². The van der Waals surface area contributed by atoms with Crippen LogP contribution in [0.4, 0.5) is 24.8 Å². The van der Waals surface area contributed by atoms with Gasteiger partial charge in [-0.25, -0.2) is 15.0 Å². The van der Waals surface area contributed by atoms with Crippen molar-refractivity contribution in [1.29, 1.82) is 0 Å². The van der Waals surface area contributed by atoms with Crippen LogP contribution in [0.2, 0.25) is 0 Å². The number of rotatable bonds is 7. The zero-order valence-corrected chi connectivity index (χ0v) is 23.7. The molecule has 0 spiro atoms. The van der Waals surface area contributed by atoms with Crippen molar-refractivity contribution >= 4 is 29.0 Å². The predicted octanol–water partition coefficient (Wildman–Crippen LogP) is 5.58. The van der Waals surface area contributed by atoms with Gasteiger partial charge in [0.25, 0.3) is 5.91 Å². The number of carboxylic acid groups (broad SMARTS) is 1. The first-order valence-electron chi connectivity index (χ1n) is 14.5. The number of nitrogens with one attached hydrogen (secondary N) is 1. The summed E-state index contributed by atoms with van der Waals surface area (Å²) in [5.41, 5.74) is 6.38. The van der Waals surface area contributed by atoms with E-state index in [2.05, 4.69) is 15.3 Å². The Kier molecular flexibility index (Phi) is 6.17. The molecule has 0 aliphatic heterocycles. The highest BCUT2D eigenvalue weighted by Crippen LogP contribution is 2.73. The molecule has 4 aliphatic carbocycles. The van der Waals surface area contributed by atoms with Gasteiger partial charge in [0.2, 0.25) is 0 Å². The summed E-state index contributed by atoms with van der Waals surface area (Å²) < 4.78 is 47.4. The summed E-state index contributed by atoms with van der Waals surface area (Å²) in [5.74, 6) is 0.169. The van der Waals surface area contributed by atoms with Crippen LogP contribution in [0, 0.1) is 17.3 Å². The fourth-order valence-corrected chi connectivity index (χ4v) is 7.66. The molecule has 3 aromatic heterocycles. The van der Waals surface area contributed by atoms with Gasteiger partial charge in [-0.3, -0.25) is 14.0 Å². The number of nitrogens with two attached hydrogens (primary N) is 1. The second-order valence-electron chi connectivity index (χ2n) is 11.9. The average molecular weight is 607 g/mol. The summed E-state index contributed by atoms with van der Waals surface area (Å²) >= 11 is 0. The summed E-state index contributed by atoms with van der Waals surface area (Å²) in [7, 11) is 0. The first kappa shape index (κ1) is 28.1. The van der Waals surface area contributed by atoms with E-state index in [1.165, 1.54) is 12.1 Å². The number of nitrogen functional groups attached to an aromatic ring is 1. The average Bonchev–Trinajstić information content (AvgIpc) is 3.75. The van der Waals surface area contributed by atoms with E-state index < -0.39 is 29.0 Å². The SMILES string of the molecule is CCOc1cc(C(=O)Nc2cc(C(F)(F)F)ccn2)ccc1-c1nc(C23CCC(C(=O)O)(CC2)[C@H]2CC23)n2ccnc(N)c12. The number of halogens is 3. The largest absolute Gasteiger partial charge is 0.493 e. The summed E-state index contributed by atoms with van der Waals surface area (Å²) in [6, 6.07) is 6.32. The molecule has 2 bridgehead atoms. The standard InChI is InChI=1S/C31H29F3N6O4/c1-2-44-21-13-16(26(41)38-22-14-17(5-10-36-22)31(32,33)34)3-4-18(21)23-24-25(35)37-11-12-40(24)27(39-23)29-6-8-30(9-7-29,28(42)43)20-15-19(20)29/h3-5,10-14,19-20H,2,6-9,15H2,1H3,(H2,35,37)(H,42,43)(H,36,38,41)/t19?,20-,29?,30?/m0/s1. The van der Waals surface area contributed by atoms with Crippen LogP contribution in [0.25, 0.3) is 16.8 Å². The van der Waals surface area contributed by atoms with Gasteiger partial charge in [0.05, 0.1) is 17.6 Å². The minimum atomic E-state index is -4.58. The van der Waals surface area contributed by atoms with Crippen molar-refractivity contribution in [3.8, 4) is 17.0 Å². The first-order valence-corrected chi connectivity index (χ1v) is 14.5. The van der Waals surface area contributed by atoms with Gasteiger partial charge in [-0.1, -0.05) is 0 Å². The number of nitrogens with zero attached hydrogens (tertiary/aromatic N) is 4. The number of carboxylic acids is 1. The van der Waals surface area contributed by atoms with Gasteiger partial charge in [-0.2, -0.15) is 13.2 Å². The maximum Gasteiger partial charge on any atom is 0.416 e. The highest BCUT2D eigenvalue weighted by Gasteiger charge is 2.72. The Bertz CT molecular complexity index is 1830. The third kappa shape index (κ3) is 4.12. The third-order valence-corrected chi connectivity index (χ3v) is 9.83. The van der Waals surface area contributed by atoms with Crippen LogP contribution in [0.1, 0.15) is 60.8 Å². The number of aliphatic carboxylic acids is 1. The molecule has 228 valence electrons. The lowest BCUT2D eigenvalue weighted by Crippen LogP contribution is -2.50. The third-order valence-electron chi connectivity index (χ3n) is 9.83. The predicted molar refractivity (Wildman–Crippen MR) is 153 cm³/mol. The molecule has 3 heterocycles. The summed E-state index contributed by atoms with van der Waals surface area (Å²) in [4.78, 5) is 38.7. The molecule has 4 N–H and O–H groups in total. The molecular formula is C31H29F3N6O4. The molecule has 8 rings (SSSR count). The maximum absolute atomic E-state index is 13.2. The van der Waals surface area contributed by atoms with Crippen molar-refractivity contribution in [2.75, 3.05) is 17.7 Å². The Labute approximate surface area is 249 Å². The molecule has 4 fully saturated rings. The number of carbonyl (C=O) groups excluding carboxylic acids is 1. The number of ether oxygens (including phenoxy) is 1. The highest BCUT2D eigenvalue weighted by molar-refractivity contribution is 6.04. The maximum atomic E-state index is 13.2. The van der Waals surface area contributed by atoms with E-state index in [4.69, 9.17) is 15.5 Å². The Hall–Kier alpha value is -4.68. The molecule has 4 saturated carbocycles. The van der Waals surface area contributed by atoms with Crippen molar-refractivity contribution in [1.82, 2.24) is 19.4 Å². The number of pyridine rings is 1. The van der Waals surface area contributed by atoms with E-state index in [0.717, 1.165) is 30.6 Å². The van der Waals surface area contributed by atoms with E-state index in [1.54, 1.807) is 19.2 Å². The number of anilines is 2. The van der Waals surface area contributed by atoms with Crippen molar-refractivity contribution in [3.63, 3.8) is 0 Å². The zero-order chi connectivity index (χ0) is 31.0. The summed E-state index contributed by atoms with van der Waals surface area (Å²) in [6.45, 7) is 2.06. The molecule has 10 nitrogen and oxygen atoms in total. The quantitative estimate of drug-likeness (QED) is 0.247. The molecule has 13 heteroatoms. The number of hydrogen-bond donors (Lipinski definition) is 3. The number of benzene rings is 1. The van der Waals surface area contributed by atoms with Crippen molar-refractivity contribution < 1.29 is 32.6 Å². The Morgan fingerprint density at radius 2 is 1.89 bits per heavy atom. The number of amides is 1. The smallest absolute Gasteiger partial charge is 0.416 e. The Balaban J connectivity index is 1.28. The Morgan fingerprint density at radius 3 is 2.59 bits per heavy atom. The lowest BCUT2D eigenvalue weighted by atomic mass is 9.53. The van der Waals surface area contributed by atoms with E-state index >= 15 is 0 Å². The van der Waals surface area contributed by atoms with Crippen LogP contribution in [-0.2, 0) is 16.4 Å². The van der Waals surface area contributed by atoms with Gasteiger partial charge < -0.3 is 20.9 Å². The van der Waals surface area contributed by atoms with E-state index in [9.17, 15) is 27.9 Å². The molecule has 1 amide bonds. The number of carbonyl (C=O) groups is 2. The molecule has 0 saturated heterocycles. The lowest BCUT2D eigenvalue weighted by molar-refractivity contribution is -0.158. The summed E-state index contributed by atoms with van der Waals surface area (Å²) in [5, 5.41) is 12.5. The number of hydrogen-bond acceptors (Lipinski definition) is 7. The minimum Gasteiger partial charge on any atom is -0.493 e. The van der Waals surface area contributed by atoms with Crippen molar-refractivity contribution in [2.45, 2.75) is 50.6 Å². The number of alkyl halides is 3. The van der Waals surface area contributed by atoms with Crippen LogP contribution in [0.3, 0.4) is 0 Å². The van der Waals surface area contributed by atoms with Gasteiger partial charge in [-0.15, -0.1) is 0 Å². The molecule has 4 aromatic rings. The lowest BCUT2D eigenvalue weighted by Gasteiger charge is -2.50. The van der Waals surface area contributed by atoms with E-state index in [-0.39, 0.29) is 41.1 Å². The van der Waals surface area contributed by atoms with E-state index in [0.29, 0.717) is 48.2 Å². The number of aromatic nitrogens is 4. The van der Waals surface area contributed by atoms with Gasteiger partial charge in [0.1, 0.15) is 34.4 Å². The second kappa shape index (κ2) is 9.66. The fourth-order valence-electron chi connectivity index (χ4n) is 7.66. The molecule has 1 unspecified atom stereocenters. The molecule has 1 aromatic carbocycles. The minimum absolute atomic E-state index is 0.126. The van der Waals surface area contributed by atoms with Gasteiger partial charge >= 0.3 is 12.1 Å². The summed E-state index contributed by atoms with van der Waals surface area (Å²) in [6.07, 6.45) is 3.31. The molecule has 2 atom stereocenters. The van der Waals surface area contributed by atoms with Crippen LogP contribution >= 0.6 is 0 Å². The van der Waals surface area contributed by atoms with Crippen LogP contribution in [-0.4, -0.2) is 42.9 Å². The molecule has 0 radical (unpaired) electrons. The second-order valence-corrected chi connectivity index (χ2v) is 11.9. The van der Waals surface area contributed by atoms with Crippen LogP contribution in [0.15, 0.2) is 48.9 Å². The zero-order valence-electron chi connectivity index (χ0n) is 23.7. The van der Waals surface area contributed by atoms with E-state index in [1.807, 2.05) is 10.6 Å². The molecule has 44 heavy (non-hydrogen) atoms. The Morgan fingerprint density at radius 1 is 1.11 bits per heavy atom. The van der Waals surface area contributed by atoms with Gasteiger partial charge in [0.15, 0.2) is 0 Å². The van der Waals surface area contributed by atoms with Crippen molar-refractivity contribution in [2.24, 2.45) is 17.3 Å². The topological polar surface area (TPSA) is 145 Å². The molecule has 4 aliphatic rings. The number of imidazole rings is 1.